The number of hydrogen-bond acceptors (Lipinski definition) is 3. The summed E-state index contributed by atoms with van der Waals surface area (Å²) in [6, 6.07) is 9.56. The molecule has 0 saturated carbocycles. The Morgan fingerprint density at radius 1 is 1.33 bits per heavy atom. The molecular weight excluding hydrogens is 332 g/mol. The van der Waals surface area contributed by atoms with Crippen LogP contribution in [0.4, 0.5) is 0 Å². The van der Waals surface area contributed by atoms with E-state index in [1.807, 2.05) is 37.3 Å². The van der Waals surface area contributed by atoms with Gasteiger partial charge in [-0.15, -0.1) is 0 Å². The van der Waals surface area contributed by atoms with Gasteiger partial charge in [0.2, 0.25) is 5.78 Å². The van der Waals surface area contributed by atoms with Crippen molar-refractivity contribution < 1.29 is 9.53 Å². The van der Waals surface area contributed by atoms with Crippen LogP contribution < -0.4 is 0 Å². The Morgan fingerprint density at radius 3 is 2.67 bits per heavy atom. The largest absolute Gasteiger partial charge is 0.366 e. The third-order valence-corrected chi connectivity index (χ3v) is 3.72. The topological polar surface area (TPSA) is 44.1 Å². The average Bonchev–Trinajstić information content (AvgIpc) is 2.86. The highest BCUT2D eigenvalue weighted by Gasteiger charge is 2.27. The molecule has 1 unspecified atom stereocenters. The molecule has 2 aromatic rings. The molecule has 1 aromatic heterocycles. The molecule has 0 spiro atoms. The second kappa shape index (κ2) is 7.52. The van der Waals surface area contributed by atoms with Gasteiger partial charge in [0.1, 0.15) is 11.8 Å². The summed E-state index contributed by atoms with van der Waals surface area (Å²) < 4.78 is 8.14. The summed E-state index contributed by atoms with van der Waals surface area (Å²) in [4.78, 5) is 12.9. The van der Waals surface area contributed by atoms with Crippen LogP contribution in [0.15, 0.2) is 41.0 Å². The third kappa shape index (κ3) is 3.60. The number of Topliss-reactive ketones (excluding diaryl/α,β-unsaturated/α-hetero) is 1. The number of carbonyl (C=O) groups is 1. The number of halogens is 1. The van der Waals surface area contributed by atoms with Gasteiger partial charge >= 0.3 is 0 Å². The molecule has 2 rings (SSSR count). The third-order valence-electron chi connectivity index (χ3n) is 3.14. The van der Waals surface area contributed by atoms with E-state index in [-0.39, 0.29) is 5.78 Å². The number of rotatable bonds is 7. The maximum absolute atomic E-state index is 12.9. The lowest BCUT2D eigenvalue weighted by Gasteiger charge is -2.17. The van der Waals surface area contributed by atoms with E-state index < -0.39 is 6.10 Å². The molecule has 1 aromatic carbocycles. The van der Waals surface area contributed by atoms with Crippen molar-refractivity contribution in [1.82, 2.24) is 9.78 Å². The highest BCUT2D eigenvalue weighted by atomic mass is 79.9. The SMILES string of the molecule is CCCn1ncc(Br)c1C(=O)C(OCC)c1ccccc1. The molecule has 0 bridgehead atoms. The van der Waals surface area contributed by atoms with Crippen LogP contribution in [0.3, 0.4) is 0 Å². The molecule has 21 heavy (non-hydrogen) atoms. The molecular formula is C16H19BrN2O2. The van der Waals surface area contributed by atoms with E-state index in [9.17, 15) is 4.79 Å². The number of benzene rings is 1. The first-order chi connectivity index (χ1) is 10.2. The maximum Gasteiger partial charge on any atom is 0.215 e. The zero-order valence-electron chi connectivity index (χ0n) is 12.3. The Bertz CT molecular complexity index is 596. The first kappa shape index (κ1) is 15.9. The molecule has 4 nitrogen and oxygen atoms in total. The van der Waals surface area contributed by atoms with Gasteiger partial charge in [-0.3, -0.25) is 9.48 Å². The summed E-state index contributed by atoms with van der Waals surface area (Å²) >= 11 is 3.42. The second-order valence-corrected chi connectivity index (χ2v) is 5.53. The Balaban J connectivity index is 2.37. The van der Waals surface area contributed by atoms with Crippen molar-refractivity contribution in [1.29, 1.82) is 0 Å². The fraction of sp³-hybridized carbons (Fsp3) is 0.375. The van der Waals surface area contributed by atoms with Gasteiger partial charge in [0.15, 0.2) is 0 Å². The average molecular weight is 351 g/mol. The van der Waals surface area contributed by atoms with Crippen LogP contribution >= 0.6 is 15.9 Å². The number of aromatic nitrogens is 2. The number of carbonyl (C=O) groups excluding carboxylic acids is 1. The molecule has 5 heteroatoms. The van der Waals surface area contributed by atoms with Crippen LogP contribution in [-0.4, -0.2) is 22.2 Å². The van der Waals surface area contributed by atoms with Gasteiger partial charge in [0.25, 0.3) is 0 Å². The first-order valence-electron chi connectivity index (χ1n) is 7.11. The lowest BCUT2D eigenvalue weighted by Crippen LogP contribution is -2.21. The number of ether oxygens (including phenoxy) is 1. The Labute approximate surface area is 133 Å². The quantitative estimate of drug-likeness (QED) is 0.708. The standard InChI is InChI=1S/C16H19BrN2O2/c1-3-10-19-14(13(17)11-18-19)15(20)16(21-4-2)12-8-6-5-7-9-12/h5-9,11,16H,3-4,10H2,1-2H3. The molecule has 1 heterocycles. The van der Waals surface area contributed by atoms with E-state index in [1.54, 1.807) is 10.9 Å². The molecule has 0 amide bonds. The van der Waals surface area contributed by atoms with Gasteiger partial charge in [-0.1, -0.05) is 37.3 Å². The van der Waals surface area contributed by atoms with Crippen LogP contribution in [-0.2, 0) is 11.3 Å². The zero-order chi connectivity index (χ0) is 15.2. The second-order valence-electron chi connectivity index (χ2n) is 4.67. The maximum atomic E-state index is 12.9. The summed E-state index contributed by atoms with van der Waals surface area (Å²) in [5.41, 5.74) is 1.43. The van der Waals surface area contributed by atoms with Gasteiger partial charge in [-0.2, -0.15) is 5.10 Å². The summed E-state index contributed by atoms with van der Waals surface area (Å²) in [5, 5.41) is 4.26. The number of aryl methyl sites for hydroxylation is 1. The Hall–Kier alpha value is -1.46. The minimum absolute atomic E-state index is 0.0686. The number of ketones is 1. The van der Waals surface area contributed by atoms with E-state index >= 15 is 0 Å². The Kier molecular flexibility index (Phi) is 5.70. The van der Waals surface area contributed by atoms with Gasteiger partial charge in [0.05, 0.1) is 10.7 Å². The summed E-state index contributed by atoms with van der Waals surface area (Å²) in [7, 11) is 0. The van der Waals surface area contributed by atoms with Crippen molar-refractivity contribution in [3.05, 3.63) is 52.3 Å². The number of hydrogen-bond donors (Lipinski definition) is 0. The van der Waals surface area contributed by atoms with Gasteiger partial charge in [-0.05, 0) is 34.8 Å². The highest BCUT2D eigenvalue weighted by Crippen LogP contribution is 2.26. The molecule has 0 aliphatic heterocycles. The smallest absolute Gasteiger partial charge is 0.215 e. The summed E-state index contributed by atoms with van der Waals surface area (Å²) in [6.45, 7) is 5.13. The molecule has 0 N–H and O–H groups in total. The van der Waals surface area contributed by atoms with Crippen LogP contribution in [0.1, 0.15) is 42.4 Å². The molecule has 112 valence electrons. The van der Waals surface area contributed by atoms with Crippen LogP contribution in [0.5, 0.6) is 0 Å². The lowest BCUT2D eigenvalue weighted by molar-refractivity contribution is 0.0442. The van der Waals surface area contributed by atoms with E-state index in [2.05, 4.69) is 28.0 Å². The van der Waals surface area contributed by atoms with Gasteiger partial charge in [-0.25, -0.2) is 0 Å². The molecule has 0 aliphatic carbocycles. The van der Waals surface area contributed by atoms with Crippen molar-refractivity contribution in [3.8, 4) is 0 Å². The fourth-order valence-corrected chi connectivity index (χ4v) is 2.72. The first-order valence-corrected chi connectivity index (χ1v) is 7.90. The number of nitrogens with zero attached hydrogens (tertiary/aromatic N) is 2. The van der Waals surface area contributed by atoms with Crippen molar-refractivity contribution in [2.24, 2.45) is 0 Å². The molecule has 1 atom stereocenters. The fourth-order valence-electron chi connectivity index (χ4n) is 2.23. The van der Waals surface area contributed by atoms with Crippen LogP contribution in [0, 0.1) is 0 Å². The molecule has 0 radical (unpaired) electrons. The van der Waals surface area contributed by atoms with Gasteiger partial charge < -0.3 is 4.74 Å². The van der Waals surface area contributed by atoms with E-state index in [0.29, 0.717) is 23.3 Å². The van der Waals surface area contributed by atoms with E-state index in [0.717, 1.165) is 12.0 Å². The van der Waals surface area contributed by atoms with Crippen molar-refractivity contribution in [3.63, 3.8) is 0 Å². The minimum atomic E-state index is -0.597. The van der Waals surface area contributed by atoms with Crippen molar-refractivity contribution in [2.45, 2.75) is 32.9 Å². The molecule has 0 aliphatic rings. The van der Waals surface area contributed by atoms with Crippen LogP contribution in [0.25, 0.3) is 0 Å². The normalized spacial score (nSPS) is 12.3. The van der Waals surface area contributed by atoms with Gasteiger partial charge in [0, 0.05) is 13.2 Å². The van der Waals surface area contributed by atoms with Crippen molar-refractivity contribution in [2.75, 3.05) is 6.61 Å². The molecule has 0 saturated heterocycles. The minimum Gasteiger partial charge on any atom is -0.366 e. The predicted molar refractivity (Wildman–Crippen MR) is 85.4 cm³/mol. The van der Waals surface area contributed by atoms with E-state index in [4.69, 9.17) is 4.74 Å². The summed E-state index contributed by atoms with van der Waals surface area (Å²) in [5.74, 6) is -0.0686. The van der Waals surface area contributed by atoms with Crippen molar-refractivity contribution >= 4 is 21.7 Å². The Morgan fingerprint density at radius 2 is 2.05 bits per heavy atom. The predicted octanol–water partition coefficient (Wildman–Crippen LogP) is 4.02. The molecule has 0 fully saturated rings. The van der Waals surface area contributed by atoms with E-state index in [1.165, 1.54) is 0 Å². The van der Waals surface area contributed by atoms with Crippen LogP contribution in [0.2, 0.25) is 0 Å². The zero-order valence-corrected chi connectivity index (χ0v) is 13.8. The monoisotopic (exact) mass is 350 g/mol. The summed E-state index contributed by atoms with van der Waals surface area (Å²) in [6.07, 6.45) is 1.98. The highest BCUT2D eigenvalue weighted by molar-refractivity contribution is 9.10. The lowest BCUT2D eigenvalue weighted by atomic mass is 10.0.